The van der Waals surface area contributed by atoms with Crippen molar-refractivity contribution in [2.24, 2.45) is 0 Å². The average molecular weight is 236 g/mol. The van der Waals surface area contributed by atoms with Crippen LogP contribution in [0.25, 0.3) is 0 Å². The summed E-state index contributed by atoms with van der Waals surface area (Å²) in [5, 5.41) is 14.7. The molecule has 2 aromatic rings. The molecule has 2 rings (SSSR count). The van der Waals surface area contributed by atoms with Gasteiger partial charge in [-0.3, -0.25) is 4.79 Å². The van der Waals surface area contributed by atoms with Crippen LogP contribution in [0.4, 0.5) is 0 Å². The summed E-state index contributed by atoms with van der Waals surface area (Å²) in [4.78, 5) is 28.4. The van der Waals surface area contributed by atoms with Gasteiger partial charge in [-0.1, -0.05) is 5.16 Å². The van der Waals surface area contributed by atoms with Gasteiger partial charge in [0.05, 0.1) is 19.1 Å². The van der Waals surface area contributed by atoms with Crippen molar-refractivity contribution >= 4 is 11.9 Å². The summed E-state index contributed by atoms with van der Waals surface area (Å²) < 4.78 is 4.77. The summed E-state index contributed by atoms with van der Waals surface area (Å²) in [7, 11) is 0. The van der Waals surface area contributed by atoms with Gasteiger partial charge < -0.3 is 19.9 Å². The number of carboxylic acid groups (broad SMARTS) is 1. The number of nitrogens with one attached hydrogen (secondary N) is 2. The first-order valence-corrected chi connectivity index (χ1v) is 4.63. The lowest BCUT2D eigenvalue weighted by Crippen LogP contribution is -2.25. The molecule has 0 saturated heterocycles. The molecule has 0 aromatic carbocycles. The predicted octanol–water partition coefficient (Wildman–Crippen LogP) is 0.0259. The van der Waals surface area contributed by atoms with Crippen molar-refractivity contribution in [2.75, 3.05) is 0 Å². The zero-order valence-corrected chi connectivity index (χ0v) is 8.51. The van der Waals surface area contributed by atoms with Gasteiger partial charge in [0, 0.05) is 6.07 Å². The first-order chi connectivity index (χ1) is 8.18. The fraction of sp³-hybridized carbons (Fsp3) is 0.111. The van der Waals surface area contributed by atoms with Crippen LogP contribution in [-0.2, 0) is 6.54 Å². The third kappa shape index (κ3) is 2.30. The molecule has 17 heavy (non-hydrogen) atoms. The number of H-pyrrole nitrogens is 1. The Kier molecular flexibility index (Phi) is 2.86. The number of carboxylic acids is 1. The number of aromatic amines is 1. The van der Waals surface area contributed by atoms with Crippen molar-refractivity contribution in [1.29, 1.82) is 0 Å². The molecule has 8 nitrogen and oxygen atoms in total. The topological polar surface area (TPSA) is 121 Å². The van der Waals surface area contributed by atoms with E-state index in [2.05, 4.69) is 20.4 Å². The third-order valence-electron chi connectivity index (χ3n) is 1.98. The lowest BCUT2D eigenvalue weighted by atomic mass is 10.3. The Morgan fingerprint density at radius 3 is 3.00 bits per heavy atom. The lowest BCUT2D eigenvalue weighted by Gasteiger charge is -2.00. The van der Waals surface area contributed by atoms with Gasteiger partial charge in [0.25, 0.3) is 5.91 Å². The summed E-state index contributed by atoms with van der Waals surface area (Å²) in [6, 6.07) is 1.59. The molecule has 0 atom stereocenters. The minimum atomic E-state index is -1.24. The quantitative estimate of drug-likeness (QED) is 0.688. The monoisotopic (exact) mass is 236 g/mol. The molecule has 88 valence electrons. The number of aromatic nitrogens is 3. The van der Waals surface area contributed by atoms with Gasteiger partial charge in [0.2, 0.25) is 0 Å². The standard InChI is InChI=1S/C9H8N4O4/c14-8(10-3-5-1-2-13-17-5)6-7(9(15)16)12-4-11-6/h1-2,4H,3H2,(H,10,14)(H,11,12)(H,15,16). The summed E-state index contributed by atoms with van der Waals surface area (Å²) >= 11 is 0. The first kappa shape index (κ1) is 10.9. The van der Waals surface area contributed by atoms with Gasteiger partial charge in [0.1, 0.15) is 0 Å². The minimum Gasteiger partial charge on any atom is -0.477 e. The smallest absolute Gasteiger partial charge is 0.354 e. The van der Waals surface area contributed by atoms with Crippen molar-refractivity contribution in [3.05, 3.63) is 35.7 Å². The van der Waals surface area contributed by atoms with Crippen LogP contribution in [-0.4, -0.2) is 32.1 Å². The van der Waals surface area contributed by atoms with E-state index in [1.807, 2.05) is 0 Å². The molecule has 0 aliphatic heterocycles. The van der Waals surface area contributed by atoms with E-state index in [1.54, 1.807) is 6.07 Å². The molecular formula is C9H8N4O4. The second-order valence-corrected chi connectivity index (χ2v) is 3.09. The van der Waals surface area contributed by atoms with E-state index in [4.69, 9.17) is 9.63 Å². The number of carbonyl (C=O) groups excluding carboxylic acids is 1. The second-order valence-electron chi connectivity index (χ2n) is 3.09. The average Bonchev–Trinajstić information content (AvgIpc) is 2.96. The second kappa shape index (κ2) is 4.47. The van der Waals surface area contributed by atoms with E-state index >= 15 is 0 Å². The maximum Gasteiger partial charge on any atom is 0.354 e. The molecular weight excluding hydrogens is 228 g/mol. The van der Waals surface area contributed by atoms with Crippen LogP contribution in [0, 0.1) is 0 Å². The van der Waals surface area contributed by atoms with E-state index in [1.165, 1.54) is 6.20 Å². The first-order valence-electron chi connectivity index (χ1n) is 4.63. The molecule has 2 heterocycles. The Bertz CT molecular complexity index is 531. The van der Waals surface area contributed by atoms with Crippen LogP contribution < -0.4 is 5.32 Å². The highest BCUT2D eigenvalue weighted by Gasteiger charge is 2.19. The Morgan fingerprint density at radius 2 is 2.35 bits per heavy atom. The molecule has 0 saturated carbocycles. The Morgan fingerprint density at radius 1 is 1.53 bits per heavy atom. The largest absolute Gasteiger partial charge is 0.477 e. The number of nitrogens with zero attached hydrogens (tertiary/aromatic N) is 2. The molecule has 2 aromatic heterocycles. The summed E-state index contributed by atoms with van der Waals surface area (Å²) in [6.45, 7) is 0.116. The van der Waals surface area contributed by atoms with Crippen molar-refractivity contribution in [1.82, 2.24) is 20.4 Å². The van der Waals surface area contributed by atoms with Crippen LogP contribution in [0.15, 0.2) is 23.1 Å². The molecule has 0 spiro atoms. The van der Waals surface area contributed by atoms with Gasteiger partial charge in [-0.2, -0.15) is 0 Å². The fourth-order valence-electron chi connectivity index (χ4n) is 1.21. The summed E-state index contributed by atoms with van der Waals surface area (Å²) in [5.74, 6) is -1.38. The maximum atomic E-state index is 11.6. The van der Waals surface area contributed by atoms with Crippen LogP contribution in [0.1, 0.15) is 26.7 Å². The summed E-state index contributed by atoms with van der Waals surface area (Å²) in [6.07, 6.45) is 2.59. The number of rotatable bonds is 4. The van der Waals surface area contributed by atoms with Gasteiger partial charge in [0.15, 0.2) is 17.1 Å². The number of aromatic carboxylic acids is 1. The molecule has 3 N–H and O–H groups in total. The highest BCUT2D eigenvalue weighted by Crippen LogP contribution is 2.03. The maximum absolute atomic E-state index is 11.6. The fourth-order valence-corrected chi connectivity index (χ4v) is 1.21. The Labute approximate surface area is 94.6 Å². The van der Waals surface area contributed by atoms with Gasteiger partial charge in [-0.05, 0) is 0 Å². The summed E-state index contributed by atoms with van der Waals surface area (Å²) in [5.41, 5.74) is -0.419. The molecule has 1 amide bonds. The molecule has 0 radical (unpaired) electrons. The van der Waals surface area contributed by atoms with E-state index in [0.717, 1.165) is 6.33 Å². The van der Waals surface area contributed by atoms with Crippen LogP contribution in [0.3, 0.4) is 0 Å². The molecule has 0 unspecified atom stereocenters. The van der Waals surface area contributed by atoms with Crippen molar-refractivity contribution in [2.45, 2.75) is 6.54 Å². The number of hydrogen-bond donors (Lipinski definition) is 3. The molecule has 8 heteroatoms. The SMILES string of the molecule is O=C(NCc1ccno1)c1nc[nH]c1C(=O)O. The van der Waals surface area contributed by atoms with Gasteiger partial charge in [-0.25, -0.2) is 9.78 Å². The Balaban J connectivity index is 2.04. The normalized spacial score (nSPS) is 10.1. The van der Waals surface area contributed by atoms with E-state index in [9.17, 15) is 9.59 Å². The zero-order chi connectivity index (χ0) is 12.3. The van der Waals surface area contributed by atoms with Crippen molar-refractivity contribution in [3.63, 3.8) is 0 Å². The highest BCUT2D eigenvalue weighted by atomic mass is 16.5. The number of hydrogen-bond acceptors (Lipinski definition) is 5. The number of amides is 1. The molecule has 0 aliphatic carbocycles. The lowest BCUT2D eigenvalue weighted by molar-refractivity contribution is 0.0685. The molecule has 0 aliphatic rings. The van der Waals surface area contributed by atoms with Crippen molar-refractivity contribution in [3.8, 4) is 0 Å². The zero-order valence-electron chi connectivity index (χ0n) is 8.51. The van der Waals surface area contributed by atoms with Crippen molar-refractivity contribution < 1.29 is 19.2 Å². The van der Waals surface area contributed by atoms with Crippen LogP contribution in [0.5, 0.6) is 0 Å². The minimum absolute atomic E-state index is 0.116. The van der Waals surface area contributed by atoms with Gasteiger partial charge in [-0.15, -0.1) is 0 Å². The van der Waals surface area contributed by atoms with Gasteiger partial charge >= 0.3 is 5.97 Å². The number of carbonyl (C=O) groups is 2. The number of imidazole rings is 1. The van der Waals surface area contributed by atoms with E-state index < -0.39 is 11.9 Å². The molecule has 0 bridgehead atoms. The molecule has 0 fully saturated rings. The predicted molar refractivity (Wildman–Crippen MR) is 53.2 cm³/mol. The van der Waals surface area contributed by atoms with Crippen LogP contribution in [0.2, 0.25) is 0 Å². The van der Waals surface area contributed by atoms with E-state index in [0.29, 0.717) is 5.76 Å². The Hall–Kier alpha value is -2.64. The highest BCUT2D eigenvalue weighted by molar-refractivity contribution is 6.02. The van der Waals surface area contributed by atoms with Crippen LogP contribution >= 0.6 is 0 Å². The third-order valence-corrected chi connectivity index (χ3v) is 1.98. The van der Waals surface area contributed by atoms with E-state index in [-0.39, 0.29) is 17.9 Å².